The Balaban J connectivity index is 1.99. The van der Waals surface area contributed by atoms with Gasteiger partial charge in [-0.25, -0.2) is 5.01 Å². The highest BCUT2D eigenvalue weighted by Crippen LogP contribution is 2.19. The molecule has 2 rings (SSSR count). The zero-order valence-electron chi connectivity index (χ0n) is 10.6. The Kier molecular flexibility index (Phi) is 3.97. The van der Waals surface area contributed by atoms with Crippen LogP contribution in [0.4, 0.5) is 0 Å². The van der Waals surface area contributed by atoms with Gasteiger partial charge < -0.3 is 0 Å². The van der Waals surface area contributed by atoms with Crippen LogP contribution in [0.2, 0.25) is 0 Å². The molecule has 4 nitrogen and oxygen atoms in total. The highest BCUT2D eigenvalue weighted by Gasteiger charge is 2.38. The predicted octanol–water partition coefficient (Wildman–Crippen LogP) is 1.87. The maximum absolute atomic E-state index is 12.1. The Hall–Kier alpha value is -1.84. The predicted molar refractivity (Wildman–Crippen MR) is 68.1 cm³/mol. The number of hydrogen-bond donors (Lipinski definition) is 1. The van der Waals surface area contributed by atoms with Crippen molar-refractivity contribution in [2.24, 2.45) is 5.92 Å². The molecule has 0 bridgehead atoms. The van der Waals surface area contributed by atoms with E-state index in [9.17, 15) is 9.59 Å². The average Bonchev–Trinajstić information content (AvgIpc) is 2.64. The van der Waals surface area contributed by atoms with Gasteiger partial charge in [-0.2, -0.15) is 0 Å². The maximum Gasteiger partial charge on any atom is 0.253 e. The van der Waals surface area contributed by atoms with E-state index >= 15 is 0 Å². The van der Waals surface area contributed by atoms with Crippen molar-refractivity contribution in [1.82, 2.24) is 10.4 Å². The van der Waals surface area contributed by atoms with E-state index in [-0.39, 0.29) is 11.8 Å². The van der Waals surface area contributed by atoms with Gasteiger partial charge >= 0.3 is 0 Å². The number of carbonyl (C=O) groups excluding carboxylic acids is 2. The Bertz CT molecular complexity index is 431. The lowest BCUT2D eigenvalue weighted by molar-refractivity contribution is -0.133. The third-order valence-electron chi connectivity index (χ3n) is 3.16. The lowest BCUT2D eigenvalue weighted by atomic mass is 10.0. The Morgan fingerprint density at radius 3 is 2.61 bits per heavy atom. The number of unbranched alkanes of at least 4 members (excludes halogenated alkanes) is 1. The minimum Gasteiger partial charge on any atom is -0.272 e. The molecule has 1 N–H and O–H groups in total. The molecule has 0 radical (unpaired) electrons. The second kappa shape index (κ2) is 5.67. The fourth-order valence-electron chi connectivity index (χ4n) is 2.11. The first-order valence-corrected chi connectivity index (χ1v) is 6.38. The summed E-state index contributed by atoms with van der Waals surface area (Å²) < 4.78 is 0. The lowest BCUT2D eigenvalue weighted by Gasteiger charge is -2.15. The van der Waals surface area contributed by atoms with Gasteiger partial charge in [0.15, 0.2) is 0 Å². The van der Waals surface area contributed by atoms with Gasteiger partial charge in [-0.3, -0.25) is 15.0 Å². The zero-order chi connectivity index (χ0) is 13.0. The number of rotatable bonds is 5. The molecule has 0 aromatic heterocycles. The summed E-state index contributed by atoms with van der Waals surface area (Å²) in [5, 5.41) is 1.43. The molecule has 0 spiro atoms. The molecular weight excluding hydrogens is 228 g/mol. The monoisotopic (exact) mass is 246 g/mol. The van der Waals surface area contributed by atoms with Gasteiger partial charge in [-0.05, 0) is 12.0 Å². The summed E-state index contributed by atoms with van der Waals surface area (Å²) in [6.07, 6.45) is 2.55. The highest BCUT2D eigenvalue weighted by atomic mass is 16.2. The maximum atomic E-state index is 12.1. The molecule has 1 fully saturated rings. The fourth-order valence-corrected chi connectivity index (χ4v) is 2.11. The summed E-state index contributed by atoms with van der Waals surface area (Å²) in [5.41, 5.74) is 3.67. The van der Waals surface area contributed by atoms with Crippen molar-refractivity contribution in [3.8, 4) is 0 Å². The Labute approximate surface area is 107 Å². The number of amides is 2. The lowest BCUT2D eigenvalue weighted by Crippen LogP contribution is -2.35. The molecule has 0 saturated carbocycles. The minimum absolute atomic E-state index is 0.0997. The van der Waals surface area contributed by atoms with Gasteiger partial charge in [0.2, 0.25) is 0 Å². The number of hydrogen-bond acceptors (Lipinski definition) is 2. The summed E-state index contributed by atoms with van der Waals surface area (Å²) in [7, 11) is 0. The largest absolute Gasteiger partial charge is 0.272 e. The number of nitrogens with zero attached hydrogens (tertiary/aromatic N) is 1. The topological polar surface area (TPSA) is 49.4 Å². The van der Waals surface area contributed by atoms with E-state index in [1.165, 1.54) is 5.01 Å². The van der Waals surface area contributed by atoms with E-state index in [0.29, 0.717) is 13.0 Å². The molecule has 1 aromatic carbocycles. The summed E-state index contributed by atoms with van der Waals surface area (Å²) >= 11 is 0. The highest BCUT2D eigenvalue weighted by molar-refractivity contribution is 6.05. The van der Waals surface area contributed by atoms with E-state index < -0.39 is 5.92 Å². The number of benzene rings is 1. The number of nitrogens with one attached hydrogen (secondary N) is 1. The molecule has 1 heterocycles. The van der Waals surface area contributed by atoms with Gasteiger partial charge in [-0.1, -0.05) is 50.1 Å². The molecule has 1 aliphatic rings. The van der Waals surface area contributed by atoms with Gasteiger partial charge in [0.05, 0.1) is 6.54 Å². The SMILES string of the molecule is CCCCC1C(=O)NN(Cc2ccccc2)C1=O. The van der Waals surface area contributed by atoms with Crippen LogP contribution in [0.1, 0.15) is 31.7 Å². The first-order valence-electron chi connectivity index (χ1n) is 6.38. The van der Waals surface area contributed by atoms with Crippen molar-refractivity contribution in [2.75, 3.05) is 0 Å². The van der Waals surface area contributed by atoms with Gasteiger partial charge in [-0.15, -0.1) is 0 Å². The first kappa shape index (κ1) is 12.6. The van der Waals surface area contributed by atoms with Crippen molar-refractivity contribution in [3.05, 3.63) is 35.9 Å². The van der Waals surface area contributed by atoms with Gasteiger partial charge in [0.25, 0.3) is 11.8 Å². The van der Waals surface area contributed by atoms with Crippen LogP contribution in [0, 0.1) is 5.92 Å². The third kappa shape index (κ3) is 2.70. The van der Waals surface area contributed by atoms with Gasteiger partial charge in [0.1, 0.15) is 5.92 Å². The molecule has 1 saturated heterocycles. The second-order valence-corrected chi connectivity index (χ2v) is 4.58. The van der Waals surface area contributed by atoms with Crippen molar-refractivity contribution in [1.29, 1.82) is 0 Å². The van der Waals surface area contributed by atoms with E-state index in [1.807, 2.05) is 30.3 Å². The number of hydrazine groups is 1. The average molecular weight is 246 g/mol. The normalized spacial score (nSPS) is 19.2. The third-order valence-corrected chi connectivity index (χ3v) is 3.16. The molecule has 18 heavy (non-hydrogen) atoms. The van der Waals surface area contributed by atoms with Crippen LogP contribution in [0.15, 0.2) is 30.3 Å². The summed E-state index contributed by atoms with van der Waals surface area (Å²) in [5.74, 6) is -0.754. The van der Waals surface area contributed by atoms with E-state index in [1.54, 1.807) is 0 Å². The van der Waals surface area contributed by atoms with Crippen LogP contribution in [0.25, 0.3) is 0 Å². The van der Waals surface area contributed by atoms with Crippen molar-refractivity contribution < 1.29 is 9.59 Å². The molecule has 1 aliphatic heterocycles. The van der Waals surface area contributed by atoms with Crippen LogP contribution in [0.5, 0.6) is 0 Å². The quantitative estimate of drug-likeness (QED) is 0.806. The first-order chi connectivity index (χ1) is 8.72. The fraction of sp³-hybridized carbons (Fsp3) is 0.429. The summed E-state index contributed by atoms with van der Waals surface area (Å²) in [6.45, 7) is 2.49. The molecule has 1 unspecified atom stereocenters. The van der Waals surface area contributed by atoms with E-state index in [0.717, 1.165) is 18.4 Å². The minimum atomic E-state index is -0.492. The van der Waals surface area contributed by atoms with Crippen LogP contribution >= 0.6 is 0 Å². The molecule has 1 atom stereocenters. The van der Waals surface area contributed by atoms with Crippen molar-refractivity contribution in [2.45, 2.75) is 32.7 Å². The van der Waals surface area contributed by atoms with Crippen LogP contribution in [-0.2, 0) is 16.1 Å². The Morgan fingerprint density at radius 2 is 1.94 bits per heavy atom. The molecule has 0 aliphatic carbocycles. The molecule has 4 heteroatoms. The summed E-state index contributed by atoms with van der Waals surface area (Å²) in [6, 6.07) is 9.66. The van der Waals surface area contributed by atoms with Gasteiger partial charge in [0, 0.05) is 0 Å². The standard InChI is InChI=1S/C14H18N2O2/c1-2-3-9-12-13(17)15-16(14(12)18)10-11-7-5-4-6-8-11/h4-8,12H,2-3,9-10H2,1H3,(H,15,17). The molecule has 96 valence electrons. The van der Waals surface area contributed by atoms with E-state index in [4.69, 9.17) is 0 Å². The molecule has 2 amide bonds. The van der Waals surface area contributed by atoms with E-state index in [2.05, 4.69) is 12.3 Å². The van der Waals surface area contributed by atoms with Crippen molar-refractivity contribution >= 4 is 11.8 Å². The smallest absolute Gasteiger partial charge is 0.253 e. The zero-order valence-corrected chi connectivity index (χ0v) is 10.6. The van der Waals surface area contributed by atoms with Crippen LogP contribution < -0.4 is 5.43 Å². The van der Waals surface area contributed by atoms with Crippen LogP contribution in [-0.4, -0.2) is 16.8 Å². The molecule has 1 aromatic rings. The summed E-state index contributed by atoms with van der Waals surface area (Å²) in [4.78, 5) is 23.8. The molecular formula is C14H18N2O2. The van der Waals surface area contributed by atoms with Crippen LogP contribution in [0.3, 0.4) is 0 Å². The second-order valence-electron chi connectivity index (χ2n) is 4.58. The number of carbonyl (C=O) groups is 2. The van der Waals surface area contributed by atoms with Crippen molar-refractivity contribution in [3.63, 3.8) is 0 Å². The Morgan fingerprint density at radius 1 is 1.22 bits per heavy atom.